The smallest absolute Gasteiger partial charge is 0.475 e. The molecule has 7 rings (SSSR count). The molecule has 0 aliphatic carbocycles. The summed E-state index contributed by atoms with van der Waals surface area (Å²) in [6.07, 6.45) is 2.72. The van der Waals surface area contributed by atoms with Crippen molar-refractivity contribution in [3.8, 4) is 45.5 Å². The fourth-order valence-corrected chi connectivity index (χ4v) is 4.90. The molecule has 5 heterocycles. The molecule has 1 saturated heterocycles. The number of anilines is 1. The zero-order valence-electron chi connectivity index (χ0n) is 24.6. The minimum Gasteiger partial charge on any atom is -0.475 e. The zero-order valence-corrected chi connectivity index (χ0v) is 24.6. The van der Waals surface area contributed by atoms with Crippen molar-refractivity contribution in [2.75, 3.05) is 18.8 Å². The summed E-state index contributed by atoms with van der Waals surface area (Å²) in [6, 6.07) is 21.3. The van der Waals surface area contributed by atoms with Gasteiger partial charge >= 0.3 is 12.1 Å². The SMILES string of the molecule is Nc1ncc(-c2cnn(C3CCNCC3)c2)cc1-c1nc2ccc(Oc3ccc(-c4ccccc4)nn3)cc2o1.O=C(O)C(F)(F)F. The van der Waals surface area contributed by atoms with Gasteiger partial charge < -0.3 is 25.3 Å². The minimum atomic E-state index is -5.08. The third kappa shape index (κ3) is 7.36. The van der Waals surface area contributed by atoms with Crippen LogP contribution in [0, 0.1) is 0 Å². The number of carboxylic acid groups (broad SMARTS) is 1. The number of alkyl halides is 3. The summed E-state index contributed by atoms with van der Waals surface area (Å²) in [7, 11) is 0. The van der Waals surface area contributed by atoms with Gasteiger partial charge in [0.2, 0.25) is 11.8 Å². The van der Waals surface area contributed by atoms with E-state index >= 15 is 0 Å². The molecule has 240 valence electrons. The van der Waals surface area contributed by atoms with E-state index in [9.17, 15) is 13.2 Å². The van der Waals surface area contributed by atoms with E-state index in [2.05, 4.69) is 36.8 Å². The molecule has 0 radical (unpaired) electrons. The van der Waals surface area contributed by atoms with Crippen molar-refractivity contribution in [2.45, 2.75) is 25.1 Å². The summed E-state index contributed by atoms with van der Waals surface area (Å²) in [4.78, 5) is 18.0. The monoisotopic (exact) mass is 644 g/mol. The highest BCUT2D eigenvalue weighted by Gasteiger charge is 2.38. The molecule has 4 aromatic heterocycles. The first-order chi connectivity index (χ1) is 22.6. The van der Waals surface area contributed by atoms with Crippen LogP contribution in [0.25, 0.3) is 44.9 Å². The first kappa shape index (κ1) is 31.2. The van der Waals surface area contributed by atoms with Crippen LogP contribution in [0.3, 0.4) is 0 Å². The summed E-state index contributed by atoms with van der Waals surface area (Å²) in [5, 5.41) is 23.6. The van der Waals surface area contributed by atoms with Crippen molar-refractivity contribution in [1.82, 2.24) is 35.3 Å². The molecule has 2 aromatic carbocycles. The van der Waals surface area contributed by atoms with Crippen molar-refractivity contribution in [3.05, 3.63) is 85.3 Å². The first-order valence-corrected chi connectivity index (χ1v) is 14.4. The molecular weight excluding hydrogens is 617 g/mol. The number of nitrogens with zero attached hydrogens (tertiary/aromatic N) is 6. The van der Waals surface area contributed by atoms with Crippen molar-refractivity contribution >= 4 is 22.9 Å². The fourth-order valence-electron chi connectivity index (χ4n) is 4.90. The standard InChI is InChI=1S/C30H26N8O2.C2HF3O2/c31-29-24(14-20(16-33-29)21-17-34-38(18-21)22-10-12-32-13-11-22)30-35-26-7-6-23(15-27(26)40-30)39-28-9-8-25(36-37-28)19-4-2-1-3-5-19;3-2(4,5)1(6)7/h1-9,14-18,22,32H,10-13H2,(H2,31,33);(H,6,7). The second-order valence-electron chi connectivity index (χ2n) is 10.5. The molecule has 4 N–H and O–H groups in total. The van der Waals surface area contributed by atoms with Crippen LogP contribution in [0.1, 0.15) is 18.9 Å². The van der Waals surface area contributed by atoms with Crippen LogP contribution in [-0.2, 0) is 4.79 Å². The van der Waals surface area contributed by atoms with Gasteiger partial charge in [-0.3, -0.25) is 4.68 Å². The number of pyridine rings is 1. The molecule has 15 heteroatoms. The number of oxazole rings is 1. The Morgan fingerprint density at radius 2 is 1.74 bits per heavy atom. The van der Waals surface area contributed by atoms with E-state index in [1.165, 1.54) is 0 Å². The fraction of sp³-hybridized carbons (Fsp3) is 0.188. The van der Waals surface area contributed by atoms with Crippen LogP contribution in [-0.4, -0.2) is 60.3 Å². The van der Waals surface area contributed by atoms with E-state index in [0.29, 0.717) is 46.0 Å². The Kier molecular flexibility index (Phi) is 8.79. The molecule has 0 atom stereocenters. The lowest BCUT2D eigenvalue weighted by Crippen LogP contribution is -2.29. The van der Waals surface area contributed by atoms with Crippen LogP contribution in [0.15, 0.2) is 89.7 Å². The molecule has 0 bridgehead atoms. The van der Waals surface area contributed by atoms with Gasteiger partial charge in [-0.2, -0.15) is 18.3 Å². The molecule has 12 nitrogen and oxygen atoms in total. The van der Waals surface area contributed by atoms with Crippen LogP contribution in [0.5, 0.6) is 11.6 Å². The maximum atomic E-state index is 10.6. The van der Waals surface area contributed by atoms with Crippen LogP contribution in [0.2, 0.25) is 0 Å². The maximum Gasteiger partial charge on any atom is 0.490 e. The summed E-state index contributed by atoms with van der Waals surface area (Å²) < 4.78 is 45.8. The molecule has 0 amide bonds. The average molecular weight is 645 g/mol. The summed E-state index contributed by atoms with van der Waals surface area (Å²) in [6.45, 7) is 2.01. The summed E-state index contributed by atoms with van der Waals surface area (Å²) in [5.41, 5.74) is 11.7. The number of nitrogens with one attached hydrogen (secondary N) is 1. The molecule has 1 aliphatic heterocycles. The Morgan fingerprint density at radius 3 is 2.45 bits per heavy atom. The predicted octanol–water partition coefficient (Wildman–Crippen LogP) is 6.14. The van der Waals surface area contributed by atoms with Gasteiger partial charge in [-0.25, -0.2) is 14.8 Å². The number of carboxylic acids is 1. The number of ether oxygens (including phenoxy) is 1. The third-order valence-corrected chi connectivity index (χ3v) is 7.30. The normalized spacial score (nSPS) is 13.6. The van der Waals surface area contributed by atoms with Gasteiger partial charge in [-0.15, -0.1) is 10.2 Å². The molecule has 6 aromatic rings. The number of rotatable bonds is 6. The molecule has 1 aliphatic rings. The van der Waals surface area contributed by atoms with Crippen molar-refractivity contribution < 1.29 is 32.2 Å². The van der Waals surface area contributed by atoms with E-state index < -0.39 is 12.1 Å². The number of aliphatic carboxylic acids is 1. The number of nitrogen functional groups attached to an aromatic ring is 1. The number of aromatic nitrogens is 6. The van der Waals surface area contributed by atoms with Crippen LogP contribution >= 0.6 is 0 Å². The molecule has 1 fully saturated rings. The van der Waals surface area contributed by atoms with E-state index in [0.717, 1.165) is 48.3 Å². The number of nitrogens with two attached hydrogens (primary N) is 1. The van der Waals surface area contributed by atoms with Crippen LogP contribution < -0.4 is 15.8 Å². The van der Waals surface area contributed by atoms with E-state index in [4.69, 9.17) is 24.8 Å². The lowest BCUT2D eigenvalue weighted by atomic mass is 10.1. The highest BCUT2D eigenvalue weighted by molar-refractivity contribution is 5.81. The number of fused-ring (bicyclic) bond motifs is 1. The van der Waals surface area contributed by atoms with Crippen molar-refractivity contribution in [3.63, 3.8) is 0 Å². The molecule has 47 heavy (non-hydrogen) atoms. The van der Waals surface area contributed by atoms with Gasteiger partial charge in [0, 0.05) is 41.2 Å². The van der Waals surface area contributed by atoms with Gasteiger partial charge in [-0.1, -0.05) is 30.3 Å². The summed E-state index contributed by atoms with van der Waals surface area (Å²) in [5.74, 6) is -1.09. The Morgan fingerprint density at radius 1 is 0.979 bits per heavy atom. The second-order valence-corrected chi connectivity index (χ2v) is 10.5. The number of carbonyl (C=O) groups is 1. The molecular formula is C32H27F3N8O4. The number of hydrogen-bond donors (Lipinski definition) is 3. The van der Waals surface area contributed by atoms with Crippen LogP contribution in [0.4, 0.5) is 19.0 Å². The third-order valence-electron chi connectivity index (χ3n) is 7.30. The number of halogens is 3. The number of piperidine rings is 1. The van der Waals surface area contributed by atoms with Gasteiger partial charge in [0.1, 0.15) is 17.1 Å². The Hall–Kier alpha value is -5.83. The average Bonchev–Trinajstić information content (AvgIpc) is 3.74. The van der Waals surface area contributed by atoms with E-state index in [1.807, 2.05) is 65.5 Å². The van der Waals surface area contributed by atoms with Gasteiger partial charge in [0.15, 0.2) is 5.58 Å². The lowest BCUT2D eigenvalue weighted by molar-refractivity contribution is -0.192. The first-order valence-electron chi connectivity index (χ1n) is 14.4. The van der Waals surface area contributed by atoms with Crippen molar-refractivity contribution in [2.24, 2.45) is 0 Å². The topological polar surface area (TPSA) is 167 Å². The largest absolute Gasteiger partial charge is 0.490 e. The number of hydrogen-bond acceptors (Lipinski definition) is 10. The highest BCUT2D eigenvalue weighted by Crippen LogP contribution is 2.33. The minimum absolute atomic E-state index is 0.339. The molecule has 0 unspecified atom stereocenters. The van der Waals surface area contributed by atoms with Crippen molar-refractivity contribution in [1.29, 1.82) is 0 Å². The zero-order chi connectivity index (χ0) is 33.0. The quantitative estimate of drug-likeness (QED) is 0.190. The predicted molar refractivity (Wildman–Crippen MR) is 165 cm³/mol. The Bertz CT molecular complexity index is 1990. The van der Waals surface area contributed by atoms with Gasteiger partial charge in [0.25, 0.3) is 0 Å². The molecule has 0 saturated carbocycles. The Labute approximate surface area is 265 Å². The Balaban J connectivity index is 0.000000499. The number of benzene rings is 2. The maximum absolute atomic E-state index is 10.6. The highest BCUT2D eigenvalue weighted by atomic mass is 19.4. The summed E-state index contributed by atoms with van der Waals surface area (Å²) >= 11 is 0. The van der Waals surface area contributed by atoms with E-state index in [1.54, 1.807) is 18.3 Å². The molecule has 0 spiro atoms. The van der Waals surface area contributed by atoms with E-state index in [-0.39, 0.29) is 0 Å². The van der Waals surface area contributed by atoms with Gasteiger partial charge in [-0.05, 0) is 50.2 Å². The second kappa shape index (κ2) is 13.3. The van der Waals surface area contributed by atoms with Gasteiger partial charge in [0.05, 0.1) is 23.5 Å². The lowest BCUT2D eigenvalue weighted by Gasteiger charge is -2.22.